The number of ketones is 1. The van der Waals surface area contributed by atoms with Crippen LogP contribution in [0.2, 0.25) is 0 Å². The molecule has 0 aliphatic rings. The van der Waals surface area contributed by atoms with Crippen LogP contribution in [0.25, 0.3) is 0 Å². The van der Waals surface area contributed by atoms with Crippen LogP contribution in [0.3, 0.4) is 0 Å². The van der Waals surface area contributed by atoms with Gasteiger partial charge >= 0.3 is 0 Å². The van der Waals surface area contributed by atoms with Crippen LogP contribution in [0.4, 0.5) is 0 Å². The average molecular weight is 197 g/mol. The summed E-state index contributed by atoms with van der Waals surface area (Å²) >= 11 is 1.42. The Bertz CT molecular complexity index is 330. The number of aryl methyl sites for hydroxylation is 1. The normalized spacial score (nSPS) is 9.69. The molecule has 0 aliphatic carbocycles. The molecule has 0 bridgehead atoms. The van der Waals surface area contributed by atoms with Crippen LogP contribution in [0.1, 0.15) is 21.5 Å². The van der Waals surface area contributed by atoms with Crippen molar-refractivity contribution < 1.29 is 9.59 Å². The van der Waals surface area contributed by atoms with E-state index < -0.39 is 0 Å². The van der Waals surface area contributed by atoms with Gasteiger partial charge in [-0.15, -0.1) is 11.3 Å². The summed E-state index contributed by atoms with van der Waals surface area (Å²) in [4.78, 5) is 23.6. The van der Waals surface area contributed by atoms with Crippen LogP contribution in [-0.4, -0.2) is 18.2 Å². The number of carbonyl (C=O) groups excluding carboxylic acids is 2. The van der Waals surface area contributed by atoms with Gasteiger partial charge in [0, 0.05) is 4.88 Å². The predicted octanol–water partition coefficient (Wildman–Crippen LogP) is 1.38. The number of carbonyl (C=O) groups is 2. The minimum Gasteiger partial charge on any atom is -0.344 e. The molecule has 0 saturated heterocycles. The van der Waals surface area contributed by atoms with Crippen LogP contribution in [0, 0.1) is 6.92 Å². The number of nitrogens with one attached hydrogen (secondary N) is 1. The second-order valence-electron chi connectivity index (χ2n) is 2.79. The summed E-state index contributed by atoms with van der Waals surface area (Å²) in [7, 11) is 0. The Morgan fingerprint density at radius 3 is 2.62 bits per heavy atom. The van der Waals surface area contributed by atoms with E-state index in [-0.39, 0.29) is 18.2 Å². The summed E-state index contributed by atoms with van der Waals surface area (Å²) in [6.07, 6.45) is 0. The van der Waals surface area contributed by atoms with E-state index in [9.17, 15) is 9.59 Å². The first-order valence-electron chi connectivity index (χ1n) is 3.93. The number of hydrogen-bond acceptors (Lipinski definition) is 3. The van der Waals surface area contributed by atoms with Gasteiger partial charge in [0.15, 0.2) is 0 Å². The lowest BCUT2D eigenvalue weighted by Crippen LogP contribution is -2.27. The topological polar surface area (TPSA) is 46.2 Å². The Labute approximate surface area is 80.8 Å². The number of thiophene rings is 1. The molecule has 0 unspecified atom stereocenters. The zero-order chi connectivity index (χ0) is 9.84. The molecule has 3 nitrogen and oxygen atoms in total. The highest BCUT2D eigenvalue weighted by atomic mass is 32.1. The fourth-order valence-electron chi connectivity index (χ4n) is 0.848. The number of amides is 1. The van der Waals surface area contributed by atoms with Crippen LogP contribution < -0.4 is 5.32 Å². The summed E-state index contributed by atoms with van der Waals surface area (Å²) in [5.74, 6) is -0.213. The molecule has 1 rings (SSSR count). The van der Waals surface area contributed by atoms with Crippen LogP contribution in [0.15, 0.2) is 12.1 Å². The van der Waals surface area contributed by atoms with Crippen molar-refractivity contribution in [3.8, 4) is 0 Å². The highest BCUT2D eigenvalue weighted by Crippen LogP contribution is 2.14. The maximum absolute atomic E-state index is 11.3. The molecule has 0 atom stereocenters. The summed E-state index contributed by atoms with van der Waals surface area (Å²) in [5, 5.41) is 2.53. The molecule has 0 aromatic carbocycles. The quantitative estimate of drug-likeness (QED) is 0.795. The van der Waals surface area contributed by atoms with E-state index in [2.05, 4.69) is 5.32 Å². The monoisotopic (exact) mass is 197 g/mol. The third-order valence-corrected chi connectivity index (χ3v) is 2.46. The van der Waals surface area contributed by atoms with Gasteiger partial charge in [-0.3, -0.25) is 9.59 Å². The van der Waals surface area contributed by atoms with Gasteiger partial charge in [-0.25, -0.2) is 0 Å². The van der Waals surface area contributed by atoms with Crippen molar-refractivity contribution in [1.29, 1.82) is 0 Å². The third-order valence-electron chi connectivity index (χ3n) is 1.46. The highest BCUT2D eigenvalue weighted by Gasteiger charge is 2.07. The number of rotatable bonds is 3. The lowest BCUT2D eigenvalue weighted by Gasteiger charge is -1.98. The van der Waals surface area contributed by atoms with Crippen molar-refractivity contribution in [1.82, 2.24) is 5.32 Å². The second-order valence-corrected chi connectivity index (χ2v) is 4.08. The molecule has 1 heterocycles. The maximum atomic E-state index is 11.3. The molecule has 13 heavy (non-hydrogen) atoms. The standard InChI is InChI=1S/C9H11NO2S/c1-6(11)5-10-9(12)8-4-3-7(2)13-8/h3-4H,5H2,1-2H3,(H,10,12). The minimum atomic E-state index is -0.173. The van der Waals surface area contributed by atoms with E-state index in [4.69, 9.17) is 0 Å². The Morgan fingerprint density at radius 1 is 1.46 bits per heavy atom. The Morgan fingerprint density at radius 2 is 2.15 bits per heavy atom. The molecule has 0 saturated carbocycles. The molecular formula is C9H11NO2S. The van der Waals surface area contributed by atoms with Crippen molar-refractivity contribution in [3.63, 3.8) is 0 Å². The van der Waals surface area contributed by atoms with E-state index in [1.807, 2.05) is 13.0 Å². The van der Waals surface area contributed by atoms with Crippen molar-refractivity contribution in [2.45, 2.75) is 13.8 Å². The summed E-state index contributed by atoms with van der Waals surface area (Å²) in [6, 6.07) is 3.64. The molecule has 0 radical (unpaired) electrons. The van der Waals surface area contributed by atoms with Crippen molar-refractivity contribution in [2.75, 3.05) is 6.54 Å². The highest BCUT2D eigenvalue weighted by molar-refractivity contribution is 7.13. The molecule has 0 aliphatic heterocycles. The fourth-order valence-corrected chi connectivity index (χ4v) is 1.63. The van der Waals surface area contributed by atoms with E-state index in [0.29, 0.717) is 4.88 Å². The molecule has 70 valence electrons. The smallest absolute Gasteiger partial charge is 0.261 e. The molecule has 1 amide bonds. The molecule has 0 spiro atoms. The van der Waals surface area contributed by atoms with Crippen LogP contribution in [0.5, 0.6) is 0 Å². The van der Waals surface area contributed by atoms with Gasteiger partial charge in [-0.05, 0) is 26.0 Å². The Kier molecular flexibility index (Phi) is 3.19. The summed E-state index contributed by atoms with van der Waals surface area (Å²) in [5.41, 5.74) is 0. The van der Waals surface area contributed by atoms with Crippen LogP contribution >= 0.6 is 11.3 Å². The first-order valence-corrected chi connectivity index (χ1v) is 4.75. The number of Topliss-reactive ketones (excluding diaryl/α,β-unsaturated/α-hetero) is 1. The van der Waals surface area contributed by atoms with Crippen molar-refractivity contribution in [2.24, 2.45) is 0 Å². The van der Waals surface area contributed by atoms with Crippen molar-refractivity contribution >= 4 is 23.0 Å². The van der Waals surface area contributed by atoms with Gasteiger partial charge in [-0.2, -0.15) is 0 Å². The number of hydrogen-bond donors (Lipinski definition) is 1. The van der Waals surface area contributed by atoms with Crippen molar-refractivity contribution in [3.05, 3.63) is 21.9 Å². The summed E-state index contributed by atoms with van der Waals surface area (Å²) < 4.78 is 0. The lowest BCUT2D eigenvalue weighted by atomic mass is 10.4. The largest absolute Gasteiger partial charge is 0.344 e. The fraction of sp³-hybridized carbons (Fsp3) is 0.333. The van der Waals surface area contributed by atoms with E-state index in [0.717, 1.165) is 4.88 Å². The first kappa shape index (κ1) is 9.92. The first-order chi connectivity index (χ1) is 6.09. The predicted molar refractivity (Wildman–Crippen MR) is 52.1 cm³/mol. The lowest BCUT2D eigenvalue weighted by molar-refractivity contribution is -0.116. The molecule has 4 heteroatoms. The summed E-state index contributed by atoms with van der Waals surface area (Å²) in [6.45, 7) is 3.49. The van der Waals surface area contributed by atoms with Gasteiger partial charge in [0.05, 0.1) is 11.4 Å². The zero-order valence-corrected chi connectivity index (χ0v) is 8.40. The van der Waals surface area contributed by atoms with Gasteiger partial charge < -0.3 is 5.32 Å². The molecular weight excluding hydrogens is 186 g/mol. The zero-order valence-electron chi connectivity index (χ0n) is 7.59. The molecule has 1 aromatic heterocycles. The van der Waals surface area contributed by atoms with Gasteiger partial charge in [0.1, 0.15) is 5.78 Å². The molecule has 1 N–H and O–H groups in total. The van der Waals surface area contributed by atoms with Crippen LogP contribution in [-0.2, 0) is 4.79 Å². The van der Waals surface area contributed by atoms with Gasteiger partial charge in [0.2, 0.25) is 0 Å². The van der Waals surface area contributed by atoms with Gasteiger partial charge in [-0.1, -0.05) is 0 Å². The molecule has 1 aromatic rings. The van der Waals surface area contributed by atoms with E-state index in [1.165, 1.54) is 18.3 Å². The van der Waals surface area contributed by atoms with E-state index in [1.54, 1.807) is 6.07 Å². The van der Waals surface area contributed by atoms with Gasteiger partial charge in [0.25, 0.3) is 5.91 Å². The second kappa shape index (κ2) is 4.18. The Hall–Kier alpha value is -1.16. The Balaban J connectivity index is 2.54. The average Bonchev–Trinajstić information content (AvgIpc) is 2.47. The minimum absolute atomic E-state index is 0.0402. The van der Waals surface area contributed by atoms with E-state index >= 15 is 0 Å². The maximum Gasteiger partial charge on any atom is 0.261 e. The SMILES string of the molecule is CC(=O)CNC(=O)c1ccc(C)s1. The third kappa shape index (κ3) is 2.99. The molecule has 0 fully saturated rings.